The third-order valence-corrected chi connectivity index (χ3v) is 3.20. The minimum atomic E-state index is -1.46. The van der Waals surface area contributed by atoms with E-state index in [4.69, 9.17) is 8.37 Å². The highest BCUT2D eigenvalue weighted by atomic mass is 32.2. The van der Waals surface area contributed by atoms with E-state index >= 15 is 0 Å². The van der Waals surface area contributed by atoms with Gasteiger partial charge in [0, 0.05) is 0 Å². The second-order valence-electron chi connectivity index (χ2n) is 3.76. The van der Waals surface area contributed by atoms with Crippen LogP contribution in [-0.4, -0.2) is 16.9 Å². The molecule has 0 amide bonds. The molecule has 1 rings (SSSR count). The van der Waals surface area contributed by atoms with Crippen molar-refractivity contribution >= 4 is 11.4 Å². The van der Waals surface area contributed by atoms with Gasteiger partial charge in [-0.1, -0.05) is 45.4 Å². The normalized spacial score (nSPS) is 26.9. The van der Waals surface area contributed by atoms with Crippen LogP contribution in [0.4, 0.5) is 0 Å². The predicted octanol–water partition coefficient (Wildman–Crippen LogP) is 2.73. The monoisotopic (exact) mass is 220 g/mol. The molecule has 1 aliphatic heterocycles. The molecule has 0 bridgehead atoms. The van der Waals surface area contributed by atoms with Gasteiger partial charge >= 0.3 is 11.4 Å². The zero-order valence-corrected chi connectivity index (χ0v) is 9.68. The molecule has 2 atom stereocenters. The molecule has 1 fully saturated rings. The Hall–Kier alpha value is 0.0700. The Morgan fingerprint density at radius 3 is 2.57 bits per heavy atom. The summed E-state index contributed by atoms with van der Waals surface area (Å²) >= 11 is -1.46. The van der Waals surface area contributed by atoms with Crippen molar-refractivity contribution in [2.75, 3.05) is 6.61 Å². The van der Waals surface area contributed by atoms with Gasteiger partial charge in [-0.25, -0.2) is 0 Å². The summed E-state index contributed by atoms with van der Waals surface area (Å²) in [4.78, 5) is 0. The molecule has 0 spiro atoms. The van der Waals surface area contributed by atoms with Gasteiger partial charge in [-0.15, -0.1) is 0 Å². The van der Waals surface area contributed by atoms with Crippen LogP contribution in [0.2, 0.25) is 0 Å². The van der Waals surface area contributed by atoms with Crippen molar-refractivity contribution in [3.05, 3.63) is 0 Å². The Kier molecular flexibility index (Phi) is 6.39. The Morgan fingerprint density at radius 2 is 1.93 bits per heavy atom. The van der Waals surface area contributed by atoms with E-state index in [9.17, 15) is 4.21 Å². The molecule has 0 N–H and O–H groups in total. The van der Waals surface area contributed by atoms with E-state index in [1.165, 1.54) is 32.1 Å². The fraction of sp³-hybridized carbons (Fsp3) is 1.00. The average molecular weight is 220 g/mol. The van der Waals surface area contributed by atoms with Crippen LogP contribution in [0.1, 0.15) is 51.9 Å². The molecular formula is C10H20O3S. The summed E-state index contributed by atoms with van der Waals surface area (Å²) in [7, 11) is 0. The molecule has 1 saturated heterocycles. The van der Waals surface area contributed by atoms with E-state index in [0.29, 0.717) is 6.61 Å². The third-order valence-electron chi connectivity index (χ3n) is 2.44. The van der Waals surface area contributed by atoms with Gasteiger partial charge in [0.15, 0.2) is 0 Å². The van der Waals surface area contributed by atoms with Crippen LogP contribution in [-0.2, 0) is 19.7 Å². The lowest BCUT2D eigenvalue weighted by molar-refractivity contribution is 0.222. The number of hydrogen-bond acceptors (Lipinski definition) is 3. The van der Waals surface area contributed by atoms with Gasteiger partial charge in [-0.3, -0.25) is 8.37 Å². The van der Waals surface area contributed by atoms with Gasteiger partial charge in [0.05, 0.1) is 6.61 Å². The van der Waals surface area contributed by atoms with Gasteiger partial charge in [0.1, 0.15) is 6.10 Å². The van der Waals surface area contributed by atoms with Gasteiger partial charge in [0.25, 0.3) is 0 Å². The van der Waals surface area contributed by atoms with Crippen LogP contribution >= 0.6 is 0 Å². The van der Waals surface area contributed by atoms with Crippen molar-refractivity contribution < 1.29 is 12.6 Å². The molecule has 84 valence electrons. The maximum Gasteiger partial charge on any atom is 0.305 e. The first-order chi connectivity index (χ1) is 6.83. The first-order valence-electron chi connectivity index (χ1n) is 5.55. The lowest BCUT2D eigenvalue weighted by Gasteiger charge is -2.04. The lowest BCUT2D eigenvalue weighted by atomic mass is 10.1. The standard InChI is InChI=1S/C10H20O3S/c1-2-3-4-5-6-7-8-10-9-12-14(11)13-10/h10H,2-9H2,1H3. The minimum absolute atomic E-state index is 0.0713. The van der Waals surface area contributed by atoms with Crippen LogP contribution in [0.3, 0.4) is 0 Å². The Labute approximate surface area is 89.0 Å². The molecule has 1 aliphatic rings. The van der Waals surface area contributed by atoms with E-state index in [1.807, 2.05) is 0 Å². The molecule has 1 heterocycles. The quantitative estimate of drug-likeness (QED) is 0.619. The largest absolute Gasteiger partial charge is 0.305 e. The van der Waals surface area contributed by atoms with E-state index in [0.717, 1.165) is 12.8 Å². The van der Waals surface area contributed by atoms with Crippen LogP contribution in [0, 0.1) is 0 Å². The van der Waals surface area contributed by atoms with Gasteiger partial charge in [-0.05, 0) is 6.42 Å². The van der Waals surface area contributed by atoms with E-state index in [2.05, 4.69) is 6.92 Å². The van der Waals surface area contributed by atoms with Crippen molar-refractivity contribution in [1.82, 2.24) is 0 Å². The van der Waals surface area contributed by atoms with Crippen molar-refractivity contribution in [1.29, 1.82) is 0 Å². The summed E-state index contributed by atoms with van der Waals surface area (Å²) in [6, 6.07) is 0. The van der Waals surface area contributed by atoms with Crippen LogP contribution in [0.5, 0.6) is 0 Å². The molecular weight excluding hydrogens is 200 g/mol. The second-order valence-corrected chi connectivity index (χ2v) is 4.60. The maximum absolute atomic E-state index is 10.7. The first-order valence-corrected chi connectivity index (χ1v) is 6.55. The molecule has 0 saturated carbocycles. The molecule has 2 unspecified atom stereocenters. The lowest BCUT2D eigenvalue weighted by Crippen LogP contribution is -2.08. The van der Waals surface area contributed by atoms with Crippen molar-refractivity contribution in [3.8, 4) is 0 Å². The summed E-state index contributed by atoms with van der Waals surface area (Å²) < 4.78 is 20.5. The van der Waals surface area contributed by atoms with E-state index < -0.39 is 11.4 Å². The van der Waals surface area contributed by atoms with Crippen LogP contribution < -0.4 is 0 Å². The van der Waals surface area contributed by atoms with Crippen molar-refractivity contribution in [3.63, 3.8) is 0 Å². The number of unbranched alkanes of at least 4 members (excludes halogenated alkanes) is 5. The van der Waals surface area contributed by atoms with Crippen LogP contribution in [0.25, 0.3) is 0 Å². The summed E-state index contributed by atoms with van der Waals surface area (Å²) in [5.74, 6) is 0. The van der Waals surface area contributed by atoms with Crippen molar-refractivity contribution in [2.45, 2.75) is 58.0 Å². The number of rotatable bonds is 7. The summed E-state index contributed by atoms with van der Waals surface area (Å²) in [5.41, 5.74) is 0. The zero-order valence-electron chi connectivity index (χ0n) is 8.87. The zero-order chi connectivity index (χ0) is 10.2. The Morgan fingerprint density at radius 1 is 1.21 bits per heavy atom. The molecule has 0 aromatic rings. The molecule has 0 aromatic carbocycles. The fourth-order valence-electron chi connectivity index (χ4n) is 1.58. The summed E-state index contributed by atoms with van der Waals surface area (Å²) in [5, 5.41) is 0. The first kappa shape index (κ1) is 12.1. The molecule has 3 nitrogen and oxygen atoms in total. The Balaban J connectivity index is 1.86. The van der Waals surface area contributed by atoms with Crippen molar-refractivity contribution in [2.24, 2.45) is 0 Å². The fourth-order valence-corrected chi connectivity index (χ4v) is 2.27. The van der Waals surface area contributed by atoms with E-state index in [-0.39, 0.29) is 6.10 Å². The predicted molar refractivity (Wildman–Crippen MR) is 57.0 cm³/mol. The Bertz CT molecular complexity index is 173. The SMILES string of the molecule is CCCCCCCCC1COS(=O)O1. The second kappa shape index (κ2) is 7.37. The highest BCUT2D eigenvalue weighted by Gasteiger charge is 2.22. The topological polar surface area (TPSA) is 35.5 Å². The van der Waals surface area contributed by atoms with Gasteiger partial charge in [0.2, 0.25) is 0 Å². The molecule has 0 aliphatic carbocycles. The summed E-state index contributed by atoms with van der Waals surface area (Å²) in [6.45, 7) is 2.72. The van der Waals surface area contributed by atoms with E-state index in [1.54, 1.807) is 0 Å². The molecule has 14 heavy (non-hydrogen) atoms. The smallest absolute Gasteiger partial charge is 0.266 e. The van der Waals surface area contributed by atoms with Gasteiger partial charge < -0.3 is 0 Å². The average Bonchev–Trinajstić information content (AvgIpc) is 2.58. The molecule has 0 radical (unpaired) electrons. The molecule has 4 heteroatoms. The highest BCUT2D eigenvalue weighted by Crippen LogP contribution is 2.16. The van der Waals surface area contributed by atoms with Crippen LogP contribution in [0.15, 0.2) is 0 Å². The highest BCUT2D eigenvalue weighted by molar-refractivity contribution is 7.75. The minimum Gasteiger partial charge on any atom is -0.266 e. The number of hydrogen-bond donors (Lipinski definition) is 0. The van der Waals surface area contributed by atoms with Gasteiger partial charge in [-0.2, -0.15) is 4.21 Å². The molecule has 0 aromatic heterocycles. The third kappa shape index (κ3) is 5.08. The summed E-state index contributed by atoms with van der Waals surface area (Å²) in [6.07, 6.45) is 8.75. The maximum atomic E-state index is 10.7.